The summed E-state index contributed by atoms with van der Waals surface area (Å²) in [5.41, 5.74) is 7.89. The summed E-state index contributed by atoms with van der Waals surface area (Å²) in [7, 11) is 0. The SMILES string of the molecule is CC(C)CCc1onc(N)c1-c1ccc(Br)cc1. The highest BCUT2D eigenvalue weighted by Crippen LogP contribution is 2.31. The van der Waals surface area contributed by atoms with Crippen molar-refractivity contribution >= 4 is 21.7 Å². The minimum absolute atomic E-state index is 0.469. The first-order valence-electron chi connectivity index (χ1n) is 6.08. The molecule has 3 nitrogen and oxygen atoms in total. The van der Waals surface area contributed by atoms with Crippen molar-refractivity contribution in [1.82, 2.24) is 5.16 Å². The molecule has 0 spiro atoms. The Bertz CT molecular complexity index is 517. The van der Waals surface area contributed by atoms with Crippen molar-refractivity contribution in [3.8, 4) is 11.1 Å². The maximum Gasteiger partial charge on any atom is 0.175 e. The van der Waals surface area contributed by atoms with E-state index in [4.69, 9.17) is 10.3 Å². The van der Waals surface area contributed by atoms with E-state index in [9.17, 15) is 0 Å². The number of aryl methyl sites for hydroxylation is 1. The second-order valence-corrected chi connectivity index (χ2v) is 5.72. The average molecular weight is 309 g/mol. The lowest BCUT2D eigenvalue weighted by Crippen LogP contribution is -1.94. The van der Waals surface area contributed by atoms with Crippen molar-refractivity contribution in [1.29, 1.82) is 0 Å². The van der Waals surface area contributed by atoms with Gasteiger partial charge in [-0.2, -0.15) is 0 Å². The molecule has 4 heteroatoms. The Balaban J connectivity index is 2.31. The van der Waals surface area contributed by atoms with Gasteiger partial charge < -0.3 is 10.3 Å². The molecule has 0 radical (unpaired) electrons. The van der Waals surface area contributed by atoms with Crippen molar-refractivity contribution in [2.45, 2.75) is 26.7 Å². The van der Waals surface area contributed by atoms with Crippen LogP contribution in [0.15, 0.2) is 33.3 Å². The molecule has 96 valence electrons. The third kappa shape index (κ3) is 2.93. The first-order chi connectivity index (χ1) is 8.58. The van der Waals surface area contributed by atoms with Crippen molar-refractivity contribution in [2.24, 2.45) is 5.92 Å². The third-order valence-corrected chi connectivity index (χ3v) is 3.40. The highest BCUT2D eigenvalue weighted by Gasteiger charge is 2.15. The van der Waals surface area contributed by atoms with Gasteiger partial charge in [-0.05, 0) is 30.0 Å². The number of nitrogen functional groups attached to an aromatic ring is 1. The zero-order valence-corrected chi connectivity index (χ0v) is 12.2. The molecule has 1 aromatic heterocycles. The zero-order valence-electron chi connectivity index (χ0n) is 10.6. The fourth-order valence-corrected chi connectivity index (χ4v) is 2.12. The van der Waals surface area contributed by atoms with Crippen molar-refractivity contribution in [3.05, 3.63) is 34.5 Å². The highest BCUT2D eigenvalue weighted by molar-refractivity contribution is 9.10. The van der Waals surface area contributed by atoms with Crippen LogP contribution < -0.4 is 5.73 Å². The van der Waals surface area contributed by atoms with Crippen LogP contribution in [0.5, 0.6) is 0 Å². The Morgan fingerprint density at radius 3 is 2.56 bits per heavy atom. The molecular weight excluding hydrogens is 292 g/mol. The van der Waals surface area contributed by atoms with Crippen molar-refractivity contribution < 1.29 is 4.52 Å². The quantitative estimate of drug-likeness (QED) is 0.917. The second kappa shape index (κ2) is 5.57. The number of hydrogen-bond donors (Lipinski definition) is 1. The number of rotatable bonds is 4. The number of benzene rings is 1. The van der Waals surface area contributed by atoms with E-state index in [0.717, 1.165) is 34.2 Å². The molecule has 0 unspecified atom stereocenters. The van der Waals surface area contributed by atoms with E-state index in [1.807, 2.05) is 24.3 Å². The number of halogens is 1. The standard InChI is InChI=1S/C14H17BrN2O/c1-9(2)3-8-12-13(14(16)17-18-12)10-4-6-11(15)7-5-10/h4-7,9H,3,8H2,1-2H3,(H2,16,17). The maximum atomic E-state index is 5.90. The van der Waals surface area contributed by atoms with Crippen LogP contribution in [-0.4, -0.2) is 5.16 Å². The Kier molecular flexibility index (Phi) is 4.07. The Morgan fingerprint density at radius 1 is 1.28 bits per heavy atom. The van der Waals surface area contributed by atoms with E-state index in [2.05, 4.69) is 34.9 Å². The van der Waals surface area contributed by atoms with Crippen LogP contribution in [0.25, 0.3) is 11.1 Å². The van der Waals surface area contributed by atoms with Gasteiger partial charge in [0.05, 0.1) is 5.56 Å². The van der Waals surface area contributed by atoms with Gasteiger partial charge in [-0.3, -0.25) is 0 Å². The summed E-state index contributed by atoms with van der Waals surface area (Å²) in [6.07, 6.45) is 1.94. The molecule has 0 bridgehead atoms. The molecule has 2 aromatic rings. The smallest absolute Gasteiger partial charge is 0.175 e. The monoisotopic (exact) mass is 308 g/mol. The van der Waals surface area contributed by atoms with Gasteiger partial charge >= 0.3 is 0 Å². The summed E-state index contributed by atoms with van der Waals surface area (Å²) in [4.78, 5) is 0. The fourth-order valence-electron chi connectivity index (χ4n) is 1.85. The minimum atomic E-state index is 0.469. The molecule has 0 amide bonds. The van der Waals surface area contributed by atoms with Gasteiger partial charge in [0.2, 0.25) is 0 Å². The molecule has 1 aromatic carbocycles. The Morgan fingerprint density at radius 2 is 1.94 bits per heavy atom. The number of nitrogens with zero attached hydrogens (tertiary/aromatic N) is 1. The molecule has 18 heavy (non-hydrogen) atoms. The van der Waals surface area contributed by atoms with Crippen molar-refractivity contribution in [3.63, 3.8) is 0 Å². The van der Waals surface area contributed by atoms with Gasteiger partial charge in [0.15, 0.2) is 5.82 Å². The van der Waals surface area contributed by atoms with Crippen LogP contribution >= 0.6 is 15.9 Å². The molecule has 0 aliphatic carbocycles. The predicted octanol–water partition coefficient (Wildman–Crippen LogP) is 4.27. The summed E-state index contributed by atoms with van der Waals surface area (Å²) < 4.78 is 6.39. The molecule has 0 saturated carbocycles. The van der Waals surface area contributed by atoms with E-state index in [1.54, 1.807) is 0 Å². The number of aromatic nitrogens is 1. The first-order valence-corrected chi connectivity index (χ1v) is 6.87. The minimum Gasteiger partial charge on any atom is -0.380 e. The molecule has 0 fully saturated rings. The first kappa shape index (κ1) is 13.1. The van der Waals surface area contributed by atoms with E-state index >= 15 is 0 Å². The lowest BCUT2D eigenvalue weighted by molar-refractivity contribution is 0.376. The lowest BCUT2D eigenvalue weighted by Gasteiger charge is -2.05. The van der Waals surface area contributed by atoms with E-state index in [-0.39, 0.29) is 0 Å². The predicted molar refractivity (Wildman–Crippen MR) is 77.2 cm³/mol. The summed E-state index contributed by atoms with van der Waals surface area (Å²) in [6, 6.07) is 8.03. The Hall–Kier alpha value is -1.29. The maximum absolute atomic E-state index is 5.90. The molecule has 2 rings (SSSR count). The number of nitrogens with two attached hydrogens (primary N) is 1. The topological polar surface area (TPSA) is 52.0 Å². The average Bonchev–Trinajstić information content (AvgIpc) is 2.69. The van der Waals surface area contributed by atoms with Crippen molar-refractivity contribution in [2.75, 3.05) is 5.73 Å². The van der Waals surface area contributed by atoms with E-state index in [0.29, 0.717) is 11.7 Å². The third-order valence-electron chi connectivity index (χ3n) is 2.87. The molecule has 1 heterocycles. The molecule has 0 atom stereocenters. The van der Waals surface area contributed by atoms with E-state index < -0.39 is 0 Å². The van der Waals surface area contributed by atoms with Crippen LogP contribution in [0.2, 0.25) is 0 Å². The molecule has 0 aliphatic rings. The van der Waals surface area contributed by atoms with E-state index in [1.165, 1.54) is 0 Å². The number of anilines is 1. The van der Waals surface area contributed by atoms with Gasteiger partial charge in [-0.15, -0.1) is 0 Å². The number of hydrogen-bond acceptors (Lipinski definition) is 3. The van der Waals surface area contributed by atoms with Crippen LogP contribution in [0, 0.1) is 5.92 Å². The highest BCUT2D eigenvalue weighted by atomic mass is 79.9. The summed E-state index contributed by atoms with van der Waals surface area (Å²) in [5, 5.41) is 3.88. The largest absolute Gasteiger partial charge is 0.380 e. The molecule has 0 aliphatic heterocycles. The summed E-state index contributed by atoms with van der Waals surface area (Å²) in [5.74, 6) is 1.98. The summed E-state index contributed by atoms with van der Waals surface area (Å²) in [6.45, 7) is 4.39. The van der Waals surface area contributed by atoms with Gasteiger partial charge in [0, 0.05) is 10.9 Å². The van der Waals surface area contributed by atoms with Gasteiger partial charge in [0.1, 0.15) is 5.76 Å². The molecular formula is C14H17BrN2O. The summed E-state index contributed by atoms with van der Waals surface area (Å²) >= 11 is 3.43. The molecule has 0 saturated heterocycles. The second-order valence-electron chi connectivity index (χ2n) is 4.81. The van der Waals surface area contributed by atoms with Gasteiger partial charge in [-0.25, -0.2) is 0 Å². The lowest BCUT2D eigenvalue weighted by atomic mass is 10.0. The normalized spacial score (nSPS) is 11.1. The van der Waals surface area contributed by atoms with Gasteiger partial charge in [0.25, 0.3) is 0 Å². The van der Waals surface area contributed by atoms with Crippen LogP contribution in [0.1, 0.15) is 26.0 Å². The zero-order chi connectivity index (χ0) is 13.1. The van der Waals surface area contributed by atoms with Gasteiger partial charge in [-0.1, -0.05) is 47.1 Å². The van der Waals surface area contributed by atoms with Crippen LogP contribution in [-0.2, 0) is 6.42 Å². The van der Waals surface area contributed by atoms with Crippen LogP contribution in [0.3, 0.4) is 0 Å². The van der Waals surface area contributed by atoms with Crippen LogP contribution in [0.4, 0.5) is 5.82 Å². The fraction of sp³-hybridized carbons (Fsp3) is 0.357. The molecule has 2 N–H and O–H groups in total. The Labute approximate surface area is 115 Å².